The molecule has 6 nitrogen and oxygen atoms in total. The van der Waals surface area contributed by atoms with Crippen LogP contribution in [0.2, 0.25) is 0 Å². The molecule has 0 spiro atoms. The molecule has 1 atom stereocenters. The van der Waals surface area contributed by atoms with Gasteiger partial charge in [0, 0.05) is 29.1 Å². The van der Waals surface area contributed by atoms with Crippen LogP contribution in [-0.2, 0) is 16.1 Å². The number of hydrogen-bond donors (Lipinski definition) is 2. The highest BCUT2D eigenvalue weighted by Gasteiger charge is 2.47. The number of alkyl halides is 2. The molecule has 1 aliphatic rings. The molecule has 1 aromatic heterocycles. The lowest BCUT2D eigenvalue weighted by atomic mass is 9.85. The second kappa shape index (κ2) is 7.70. The molecule has 1 amide bonds. The lowest BCUT2D eigenvalue weighted by molar-refractivity contribution is -0.168. The Labute approximate surface area is 198 Å². The standard InChI is InChI=1S/C26H30F2N4O2/c1-14(16-9-8-10-17(11-16)26(27,28)25(5,6)34)29-22-19-13-21-20(12-18(19)15(2)30-31-22)24(3,4)23(33)32(21)7/h8-14,34H,1-7H3,(H,29,31)/t14-/m1/s1. The van der Waals surface area contributed by atoms with E-state index in [9.17, 15) is 18.7 Å². The Hall–Kier alpha value is -3.13. The molecule has 3 aromatic rings. The maximum absolute atomic E-state index is 14.7. The molecule has 0 fully saturated rings. The molecule has 0 saturated heterocycles. The number of aryl methyl sites for hydroxylation is 1. The minimum atomic E-state index is -3.41. The lowest BCUT2D eigenvalue weighted by Gasteiger charge is -2.30. The van der Waals surface area contributed by atoms with Gasteiger partial charge in [0.25, 0.3) is 0 Å². The lowest BCUT2D eigenvalue weighted by Crippen LogP contribution is -2.40. The molecule has 0 saturated carbocycles. The molecular formula is C26H30F2N4O2. The number of nitrogens with one attached hydrogen (secondary N) is 1. The van der Waals surface area contributed by atoms with Crippen molar-refractivity contribution in [1.82, 2.24) is 10.2 Å². The van der Waals surface area contributed by atoms with Gasteiger partial charge < -0.3 is 15.3 Å². The fourth-order valence-electron chi connectivity index (χ4n) is 4.49. The Morgan fingerprint density at radius 2 is 1.79 bits per heavy atom. The van der Waals surface area contributed by atoms with E-state index in [2.05, 4.69) is 15.5 Å². The Bertz CT molecular complexity index is 1300. The van der Waals surface area contributed by atoms with Gasteiger partial charge in [0.15, 0.2) is 5.82 Å². The van der Waals surface area contributed by atoms with E-state index in [0.29, 0.717) is 11.4 Å². The first-order valence-corrected chi connectivity index (χ1v) is 11.2. The van der Waals surface area contributed by atoms with Crippen LogP contribution >= 0.6 is 0 Å². The van der Waals surface area contributed by atoms with Gasteiger partial charge in [-0.1, -0.05) is 18.2 Å². The topological polar surface area (TPSA) is 78.4 Å². The maximum atomic E-state index is 14.7. The van der Waals surface area contributed by atoms with E-state index in [1.165, 1.54) is 12.1 Å². The Kier molecular flexibility index (Phi) is 5.44. The number of hydrogen-bond acceptors (Lipinski definition) is 5. The number of carbonyl (C=O) groups excluding carboxylic acids is 1. The summed E-state index contributed by atoms with van der Waals surface area (Å²) in [7, 11) is 1.76. The van der Waals surface area contributed by atoms with E-state index in [4.69, 9.17) is 0 Å². The van der Waals surface area contributed by atoms with Crippen LogP contribution < -0.4 is 10.2 Å². The molecule has 180 valence electrons. The van der Waals surface area contributed by atoms with Crippen LogP contribution in [0.25, 0.3) is 10.8 Å². The first kappa shape index (κ1) is 24.0. The number of carbonyl (C=O) groups is 1. The maximum Gasteiger partial charge on any atom is 0.300 e. The van der Waals surface area contributed by atoms with E-state index in [1.807, 2.05) is 39.8 Å². The second-order valence-corrected chi connectivity index (χ2v) is 10.2. The minimum Gasteiger partial charge on any atom is -0.384 e. The highest BCUT2D eigenvalue weighted by molar-refractivity contribution is 6.10. The fourth-order valence-corrected chi connectivity index (χ4v) is 4.49. The van der Waals surface area contributed by atoms with Crippen molar-refractivity contribution in [1.29, 1.82) is 0 Å². The number of aliphatic hydroxyl groups is 1. The first-order chi connectivity index (χ1) is 15.7. The smallest absolute Gasteiger partial charge is 0.300 e. The molecule has 0 aliphatic carbocycles. The highest BCUT2D eigenvalue weighted by atomic mass is 19.3. The Morgan fingerprint density at radius 1 is 1.12 bits per heavy atom. The van der Waals surface area contributed by atoms with Crippen molar-refractivity contribution in [3.63, 3.8) is 0 Å². The van der Waals surface area contributed by atoms with E-state index in [0.717, 1.165) is 41.6 Å². The summed E-state index contributed by atoms with van der Waals surface area (Å²) in [6, 6.07) is 9.57. The summed E-state index contributed by atoms with van der Waals surface area (Å²) in [5.41, 5.74) is 0.0134. The Balaban J connectivity index is 1.75. The van der Waals surface area contributed by atoms with Gasteiger partial charge in [-0.15, -0.1) is 5.10 Å². The molecule has 2 heterocycles. The molecule has 34 heavy (non-hydrogen) atoms. The molecule has 0 bridgehead atoms. The van der Waals surface area contributed by atoms with Crippen molar-refractivity contribution in [3.05, 3.63) is 58.8 Å². The highest BCUT2D eigenvalue weighted by Crippen LogP contribution is 2.44. The summed E-state index contributed by atoms with van der Waals surface area (Å²) in [6.07, 6.45) is 0. The second-order valence-electron chi connectivity index (χ2n) is 10.2. The fraction of sp³-hybridized carbons (Fsp3) is 0.423. The average Bonchev–Trinajstić information content (AvgIpc) is 2.94. The normalized spacial score (nSPS) is 16.6. The minimum absolute atomic E-state index is 0.0174. The molecule has 0 unspecified atom stereocenters. The van der Waals surface area contributed by atoms with Gasteiger partial charge in [-0.2, -0.15) is 13.9 Å². The summed E-state index contributed by atoms with van der Waals surface area (Å²) in [4.78, 5) is 14.4. The summed E-state index contributed by atoms with van der Waals surface area (Å²) in [5.74, 6) is -2.89. The molecule has 0 radical (unpaired) electrons. The largest absolute Gasteiger partial charge is 0.384 e. The van der Waals surface area contributed by atoms with Gasteiger partial charge in [-0.25, -0.2) is 0 Å². The zero-order chi connectivity index (χ0) is 25.2. The zero-order valence-corrected chi connectivity index (χ0v) is 20.5. The first-order valence-electron chi connectivity index (χ1n) is 11.2. The molecule has 2 N–H and O–H groups in total. The van der Waals surface area contributed by atoms with E-state index in [-0.39, 0.29) is 17.5 Å². The zero-order valence-electron chi connectivity index (χ0n) is 20.5. The van der Waals surface area contributed by atoms with Crippen LogP contribution in [0.5, 0.6) is 0 Å². The number of benzene rings is 2. The third-order valence-electron chi connectivity index (χ3n) is 6.83. The SMILES string of the molecule is Cc1nnc(N[C@H](C)c2cccc(C(F)(F)C(C)(C)O)c2)c2cc3c(cc12)C(C)(C)C(=O)N3C. The van der Waals surface area contributed by atoms with Crippen molar-refractivity contribution >= 4 is 28.2 Å². The number of likely N-dealkylation sites (N-methyl/N-ethyl adjacent to an activating group) is 1. The van der Waals surface area contributed by atoms with Crippen molar-refractivity contribution in [2.24, 2.45) is 0 Å². The number of amides is 1. The van der Waals surface area contributed by atoms with Gasteiger partial charge in [0.1, 0.15) is 5.60 Å². The monoisotopic (exact) mass is 468 g/mol. The van der Waals surface area contributed by atoms with E-state index in [1.54, 1.807) is 24.1 Å². The predicted octanol–water partition coefficient (Wildman–Crippen LogP) is 5.23. The number of aromatic nitrogens is 2. The summed E-state index contributed by atoms with van der Waals surface area (Å²) < 4.78 is 29.4. The van der Waals surface area contributed by atoms with Crippen LogP contribution in [0, 0.1) is 6.92 Å². The third kappa shape index (κ3) is 3.60. The number of halogens is 2. The average molecular weight is 469 g/mol. The number of rotatable bonds is 5. The number of anilines is 2. The quantitative estimate of drug-likeness (QED) is 0.536. The van der Waals surface area contributed by atoms with Crippen LogP contribution in [0.15, 0.2) is 36.4 Å². The van der Waals surface area contributed by atoms with E-state index >= 15 is 0 Å². The molecule has 2 aromatic carbocycles. The van der Waals surface area contributed by atoms with Crippen LogP contribution in [-0.4, -0.2) is 33.9 Å². The molecule has 4 rings (SSSR count). The van der Waals surface area contributed by atoms with Gasteiger partial charge in [-0.3, -0.25) is 4.79 Å². The van der Waals surface area contributed by atoms with Crippen molar-refractivity contribution in [3.8, 4) is 0 Å². The van der Waals surface area contributed by atoms with Gasteiger partial charge in [0.05, 0.1) is 17.2 Å². The number of nitrogens with zero attached hydrogens (tertiary/aromatic N) is 3. The predicted molar refractivity (Wildman–Crippen MR) is 129 cm³/mol. The van der Waals surface area contributed by atoms with E-state index < -0.39 is 16.9 Å². The number of fused-ring (bicyclic) bond motifs is 2. The van der Waals surface area contributed by atoms with Crippen molar-refractivity contribution < 1.29 is 18.7 Å². The summed E-state index contributed by atoms with van der Waals surface area (Å²) in [5, 5.41) is 23.6. The Morgan fingerprint density at radius 3 is 2.44 bits per heavy atom. The summed E-state index contributed by atoms with van der Waals surface area (Å²) >= 11 is 0. The molecule has 1 aliphatic heterocycles. The van der Waals surface area contributed by atoms with Gasteiger partial charge in [0.2, 0.25) is 5.91 Å². The van der Waals surface area contributed by atoms with Gasteiger partial charge >= 0.3 is 5.92 Å². The van der Waals surface area contributed by atoms with Crippen LogP contribution in [0.3, 0.4) is 0 Å². The van der Waals surface area contributed by atoms with Crippen molar-refractivity contribution in [2.75, 3.05) is 17.3 Å². The third-order valence-corrected chi connectivity index (χ3v) is 6.83. The van der Waals surface area contributed by atoms with Crippen LogP contribution in [0.1, 0.15) is 63.0 Å². The van der Waals surface area contributed by atoms with Crippen LogP contribution in [0.4, 0.5) is 20.3 Å². The van der Waals surface area contributed by atoms with Crippen molar-refractivity contribution in [2.45, 2.75) is 64.5 Å². The van der Waals surface area contributed by atoms with Gasteiger partial charge in [-0.05, 0) is 70.9 Å². The molecular weight excluding hydrogens is 438 g/mol. The molecule has 8 heteroatoms. The summed E-state index contributed by atoms with van der Waals surface area (Å²) in [6.45, 7) is 9.72.